The zero-order chi connectivity index (χ0) is 16.2. The van der Waals surface area contributed by atoms with Gasteiger partial charge in [-0.25, -0.2) is 0 Å². The molecule has 0 aromatic heterocycles. The van der Waals surface area contributed by atoms with E-state index in [1.165, 1.54) is 5.69 Å². The van der Waals surface area contributed by atoms with E-state index >= 15 is 0 Å². The second kappa shape index (κ2) is 7.02. The van der Waals surface area contributed by atoms with E-state index in [0.29, 0.717) is 25.9 Å². The number of hydrogen-bond acceptors (Lipinski definition) is 4. The van der Waals surface area contributed by atoms with Crippen LogP contribution in [0.4, 0.5) is 5.69 Å². The van der Waals surface area contributed by atoms with Gasteiger partial charge >= 0.3 is 0 Å². The van der Waals surface area contributed by atoms with Crippen LogP contribution in [-0.4, -0.2) is 43.0 Å². The summed E-state index contributed by atoms with van der Waals surface area (Å²) < 4.78 is 0. The second-order valence-electron chi connectivity index (χ2n) is 6.46. The number of piperazine rings is 1. The zero-order valence-corrected chi connectivity index (χ0v) is 13.3. The van der Waals surface area contributed by atoms with Crippen molar-refractivity contribution in [2.24, 2.45) is 11.8 Å². The summed E-state index contributed by atoms with van der Waals surface area (Å²) >= 11 is 0. The third-order valence-electron chi connectivity index (χ3n) is 5.10. The fraction of sp³-hybridized carbons (Fsp3) is 0.556. The van der Waals surface area contributed by atoms with Crippen LogP contribution >= 0.6 is 0 Å². The number of carboxylic acid groups (broad SMARTS) is 1. The highest BCUT2D eigenvalue weighted by Crippen LogP contribution is 2.31. The lowest BCUT2D eigenvalue weighted by Gasteiger charge is -2.40. The first-order valence-electron chi connectivity index (χ1n) is 8.46. The van der Waals surface area contributed by atoms with Gasteiger partial charge < -0.3 is 19.7 Å². The molecule has 0 spiro atoms. The summed E-state index contributed by atoms with van der Waals surface area (Å²) in [6.07, 6.45) is 3.06. The van der Waals surface area contributed by atoms with Gasteiger partial charge in [-0.05, 0) is 25.0 Å². The molecule has 0 bridgehead atoms. The van der Waals surface area contributed by atoms with Gasteiger partial charge in [-0.15, -0.1) is 0 Å². The standard InChI is InChI=1S/C18H24N2O3/c21-17(15-8-4-5-9-16(15)18(22)23)20-12-10-19(11-13-20)14-6-2-1-3-7-14/h1-3,6-7,15-16H,4-5,8-13H2,(H,22,23)/p-1/t15-,16+/m0/s1. The van der Waals surface area contributed by atoms with Gasteiger partial charge in [-0.3, -0.25) is 4.79 Å². The van der Waals surface area contributed by atoms with Crippen molar-refractivity contribution in [1.82, 2.24) is 4.90 Å². The SMILES string of the molecule is O=C([O-])[C@@H]1CCCC[C@@H]1C(=O)N1CCN(c2ccccc2)CC1. The number of carbonyl (C=O) groups excluding carboxylic acids is 2. The maximum atomic E-state index is 12.7. The molecule has 0 unspecified atom stereocenters. The van der Waals surface area contributed by atoms with Crippen LogP contribution in [0, 0.1) is 11.8 Å². The lowest BCUT2D eigenvalue weighted by Crippen LogP contribution is -2.53. The molecule has 1 saturated carbocycles. The van der Waals surface area contributed by atoms with Crippen LogP contribution in [0.1, 0.15) is 25.7 Å². The quantitative estimate of drug-likeness (QED) is 0.831. The first-order chi connectivity index (χ1) is 11.2. The van der Waals surface area contributed by atoms with E-state index in [-0.39, 0.29) is 5.91 Å². The molecule has 23 heavy (non-hydrogen) atoms. The van der Waals surface area contributed by atoms with Gasteiger partial charge in [-0.2, -0.15) is 0 Å². The molecule has 0 N–H and O–H groups in total. The van der Waals surface area contributed by atoms with E-state index in [9.17, 15) is 14.7 Å². The number of anilines is 1. The van der Waals surface area contributed by atoms with Crippen molar-refractivity contribution in [3.8, 4) is 0 Å². The van der Waals surface area contributed by atoms with Gasteiger partial charge in [0.15, 0.2) is 0 Å². The molecular formula is C18H23N2O3-. The summed E-state index contributed by atoms with van der Waals surface area (Å²) in [5.74, 6) is -2.06. The molecule has 1 aliphatic heterocycles. The van der Waals surface area contributed by atoms with Crippen LogP contribution < -0.4 is 10.0 Å². The maximum absolute atomic E-state index is 12.7. The Morgan fingerprint density at radius 3 is 2.13 bits per heavy atom. The Morgan fingerprint density at radius 2 is 1.52 bits per heavy atom. The smallest absolute Gasteiger partial charge is 0.226 e. The Morgan fingerprint density at radius 1 is 0.913 bits per heavy atom. The number of hydrogen-bond donors (Lipinski definition) is 0. The van der Waals surface area contributed by atoms with E-state index in [2.05, 4.69) is 17.0 Å². The molecule has 2 atom stereocenters. The average molecular weight is 315 g/mol. The Balaban J connectivity index is 1.60. The van der Waals surface area contributed by atoms with Gasteiger partial charge in [0.05, 0.1) is 0 Å². The predicted octanol–water partition coefficient (Wildman–Crippen LogP) is 0.891. The molecular weight excluding hydrogens is 292 g/mol. The molecule has 2 fully saturated rings. The molecule has 2 aliphatic rings. The van der Waals surface area contributed by atoms with Crippen molar-refractivity contribution < 1.29 is 14.7 Å². The van der Waals surface area contributed by atoms with Crippen LogP contribution in [0.5, 0.6) is 0 Å². The molecule has 1 aromatic carbocycles. The Labute approximate surface area is 136 Å². The summed E-state index contributed by atoms with van der Waals surface area (Å²) in [4.78, 5) is 28.1. The number of aliphatic carboxylic acids is 1. The van der Waals surface area contributed by atoms with Crippen molar-refractivity contribution >= 4 is 17.6 Å². The number of carbonyl (C=O) groups is 2. The maximum Gasteiger partial charge on any atom is 0.226 e. The van der Waals surface area contributed by atoms with Crippen LogP contribution in [0.15, 0.2) is 30.3 Å². The first kappa shape index (κ1) is 15.8. The second-order valence-corrected chi connectivity index (χ2v) is 6.46. The predicted molar refractivity (Wildman–Crippen MR) is 85.7 cm³/mol. The number of carboxylic acids is 1. The Bertz CT molecular complexity index is 553. The van der Waals surface area contributed by atoms with Crippen molar-refractivity contribution in [2.45, 2.75) is 25.7 Å². The highest BCUT2D eigenvalue weighted by molar-refractivity contribution is 5.84. The minimum absolute atomic E-state index is 0.00612. The third-order valence-corrected chi connectivity index (χ3v) is 5.10. The van der Waals surface area contributed by atoms with Gasteiger partial charge in [0.25, 0.3) is 0 Å². The molecule has 124 valence electrons. The monoisotopic (exact) mass is 315 g/mol. The molecule has 5 heteroatoms. The highest BCUT2D eigenvalue weighted by atomic mass is 16.4. The molecule has 0 radical (unpaired) electrons. The summed E-state index contributed by atoms with van der Waals surface area (Å²) in [5.41, 5.74) is 1.17. The van der Waals surface area contributed by atoms with E-state index < -0.39 is 17.8 Å². The molecule has 3 rings (SSSR count). The number of rotatable bonds is 3. The third kappa shape index (κ3) is 3.49. The fourth-order valence-corrected chi connectivity index (χ4v) is 3.77. The van der Waals surface area contributed by atoms with Crippen LogP contribution in [0.3, 0.4) is 0 Å². The lowest BCUT2D eigenvalue weighted by atomic mass is 9.78. The summed E-state index contributed by atoms with van der Waals surface area (Å²) in [6.45, 7) is 2.89. The Kier molecular flexibility index (Phi) is 4.84. The largest absolute Gasteiger partial charge is 0.550 e. The summed E-state index contributed by atoms with van der Waals surface area (Å²) in [5, 5.41) is 11.3. The topological polar surface area (TPSA) is 63.7 Å². The van der Waals surface area contributed by atoms with Gasteiger partial charge in [0.2, 0.25) is 5.91 Å². The van der Waals surface area contributed by atoms with E-state index in [4.69, 9.17) is 0 Å². The summed E-state index contributed by atoms with van der Waals surface area (Å²) in [7, 11) is 0. The molecule has 1 amide bonds. The summed E-state index contributed by atoms with van der Waals surface area (Å²) in [6, 6.07) is 10.2. The Hall–Kier alpha value is -2.04. The van der Waals surface area contributed by atoms with E-state index in [0.717, 1.165) is 25.9 Å². The average Bonchev–Trinajstić information content (AvgIpc) is 2.62. The highest BCUT2D eigenvalue weighted by Gasteiger charge is 2.35. The normalized spacial score (nSPS) is 25.2. The molecule has 1 heterocycles. The van der Waals surface area contributed by atoms with Gasteiger partial charge in [-0.1, -0.05) is 31.0 Å². The van der Waals surface area contributed by atoms with Crippen molar-refractivity contribution in [3.63, 3.8) is 0 Å². The van der Waals surface area contributed by atoms with Gasteiger partial charge in [0, 0.05) is 49.7 Å². The van der Waals surface area contributed by atoms with E-state index in [1.54, 1.807) is 0 Å². The zero-order valence-electron chi connectivity index (χ0n) is 13.3. The van der Waals surface area contributed by atoms with Crippen molar-refractivity contribution in [1.29, 1.82) is 0 Å². The molecule has 1 saturated heterocycles. The number of para-hydroxylation sites is 1. The van der Waals surface area contributed by atoms with Gasteiger partial charge in [0.1, 0.15) is 0 Å². The molecule has 1 aromatic rings. The number of nitrogens with zero attached hydrogens (tertiary/aromatic N) is 2. The number of benzene rings is 1. The minimum Gasteiger partial charge on any atom is -0.550 e. The van der Waals surface area contributed by atoms with E-state index in [1.807, 2.05) is 23.1 Å². The van der Waals surface area contributed by atoms with Crippen LogP contribution in [-0.2, 0) is 9.59 Å². The number of amides is 1. The molecule has 1 aliphatic carbocycles. The lowest BCUT2D eigenvalue weighted by molar-refractivity contribution is -0.314. The first-order valence-corrected chi connectivity index (χ1v) is 8.46. The fourth-order valence-electron chi connectivity index (χ4n) is 3.77. The van der Waals surface area contributed by atoms with Crippen molar-refractivity contribution in [2.75, 3.05) is 31.1 Å². The van der Waals surface area contributed by atoms with Crippen LogP contribution in [0.2, 0.25) is 0 Å². The minimum atomic E-state index is -1.06. The van der Waals surface area contributed by atoms with Crippen molar-refractivity contribution in [3.05, 3.63) is 30.3 Å². The van der Waals surface area contributed by atoms with Crippen LogP contribution in [0.25, 0.3) is 0 Å². The molecule has 5 nitrogen and oxygen atoms in total.